The predicted molar refractivity (Wildman–Crippen MR) is 57.3 cm³/mol. The second kappa shape index (κ2) is 3.61. The van der Waals surface area contributed by atoms with Crippen molar-refractivity contribution < 1.29 is 4.79 Å². The molecule has 2 rings (SSSR count). The van der Waals surface area contributed by atoms with Crippen LogP contribution < -0.4 is 5.32 Å². The molecule has 74 valence electrons. The van der Waals surface area contributed by atoms with E-state index in [4.69, 9.17) is 0 Å². The van der Waals surface area contributed by atoms with Crippen LogP contribution in [0.4, 0.5) is 5.69 Å². The number of anilines is 1. The van der Waals surface area contributed by atoms with E-state index in [0.29, 0.717) is 5.92 Å². The van der Waals surface area contributed by atoms with Crippen LogP contribution in [0.15, 0.2) is 23.4 Å². The van der Waals surface area contributed by atoms with Gasteiger partial charge in [0.05, 0.1) is 10.9 Å². The Kier molecular flexibility index (Phi) is 2.46. The Bertz CT molecular complexity index is 365. The van der Waals surface area contributed by atoms with Crippen molar-refractivity contribution in [3.8, 4) is 0 Å². The third-order valence-corrected chi connectivity index (χ3v) is 3.75. The predicted octanol–water partition coefficient (Wildman–Crippen LogP) is 2.15. The fraction of sp³-hybridized carbons (Fsp3) is 0.400. The second-order valence-electron chi connectivity index (χ2n) is 3.64. The number of fused-ring (bicyclic) bond motifs is 1. The number of hydrogen-bond acceptors (Lipinski definition) is 3. The van der Waals surface area contributed by atoms with Gasteiger partial charge in [0.1, 0.15) is 0 Å². The van der Waals surface area contributed by atoms with Crippen molar-refractivity contribution >= 4 is 23.4 Å². The summed E-state index contributed by atoms with van der Waals surface area (Å²) in [6.07, 6.45) is 3.49. The lowest BCUT2D eigenvalue weighted by molar-refractivity contribution is -0.116. The van der Waals surface area contributed by atoms with Crippen LogP contribution in [0, 0.1) is 5.92 Å². The van der Waals surface area contributed by atoms with Crippen LogP contribution >= 0.6 is 11.8 Å². The van der Waals surface area contributed by atoms with Gasteiger partial charge in [0.15, 0.2) is 0 Å². The van der Waals surface area contributed by atoms with Gasteiger partial charge in [-0.3, -0.25) is 9.78 Å². The number of thioether (sulfide) groups is 1. The molecule has 1 aromatic rings. The summed E-state index contributed by atoms with van der Waals surface area (Å²) in [6, 6.07) is 1.83. The van der Waals surface area contributed by atoms with Gasteiger partial charge in [0.2, 0.25) is 5.91 Å². The van der Waals surface area contributed by atoms with Crippen molar-refractivity contribution in [1.29, 1.82) is 0 Å². The normalized spacial score (nSPS) is 20.5. The molecule has 14 heavy (non-hydrogen) atoms. The zero-order valence-corrected chi connectivity index (χ0v) is 8.97. The molecular weight excluding hydrogens is 196 g/mol. The molecule has 1 aromatic heterocycles. The number of pyridine rings is 1. The minimum Gasteiger partial charge on any atom is -0.324 e. The summed E-state index contributed by atoms with van der Waals surface area (Å²) in [6.45, 7) is 4.11. The number of amides is 1. The molecule has 0 aliphatic carbocycles. The van der Waals surface area contributed by atoms with E-state index in [1.54, 1.807) is 24.2 Å². The summed E-state index contributed by atoms with van der Waals surface area (Å²) >= 11 is 1.60. The molecule has 0 radical (unpaired) electrons. The van der Waals surface area contributed by atoms with Gasteiger partial charge in [-0.25, -0.2) is 0 Å². The third-order valence-electron chi connectivity index (χ3n) is 2.16. The molecule has 1 atom stereocenters. The zero-order valence-electron chi connectivity index (χ0n) is 8.15. The molecule has 0 bridgehead atoms. The first-order valence-electron chi connectivity index (χ1n) is 4.60. The van der Waals surface area contributed by atoms with Crippen molar-refractivity contribution in [2.75, 3.05) is 5.32 Å². The topological polar surface area (TPSA) is 42.0 Å². The number of nitrogens with zero attached hydrogens (tertiary/aromatic N) is 1. The maximum atomic E-state index is 11.6. The Morgan fingerprint density at radius 1 is 1.57 bits per heavy atom. The maximum absolute atomic E-state index is 11.6. The van der Waals surface area contributed by atoms with Gasteiger partial charge in [0.25, 0.3) is 0 Å². The van der Waals surface area contributed by atoms with Gasteiger partial charge < -0.3 is 5.32 Å². The molecule has 3 nitrogen and oxygen atoms in total. The SMILES string of the molecule is CC(C)C1Sc2cnccc2NC1=O. The summed E-state index contributed by atoms with van der Waals surface area (Å²) in [5.41, 5.74) is 0.881. The Morgan fingerprint density at radius 3 is 3.07 bits per heavy atom. The molecule has 1 unspecified atom stereocenters. The van der Waals surface area contributed by atoms with Crippen LogP contribution in [0.2, 0.25) is 0 Å². The molecule has 0 saturated heterocycles. The number of nitrogens with one attached hydrogen (secondary N) is 1. The van der Waals surface area contributed by atoms with Crippen LogP contribution in [-0.2, 0) is 4.79 Å². The van der Waals surface area contributed by atoms with E-state index in [2.05, 4.69) is 24.1 Å². The van der Waals surface area contributed by atoms with Crippen LogP contribution in [0.25, 0.3) is 0 Å². The fourth-order valence-electron chi connectivity index (χ4n) is 1.41. The Labute approximate surface area is 87.3 Å². The first kappa shape index (κ1) is 9.52. The average Bonchev–Trinajstić information content (AvgIpc) is 2.16. The lowest BCUT2D eigenvalue weighted by Crippen LogP contribution is -2.32. The standard InChI is InChI=1S/C10H12N2OS/c1-6(2)9-10(13)12-7-3-4-11-5-8(7)14-9/h3-6,9H,1-2H3,(H,12,13). The Hall–Kier alpha value is -1.03. The van der Waals surface area contributed by atoms with Crippen molar-refractivity contribution in [2.45, 2.75) is 24.0 Å². The largest absolute Gasteiger partial charge is 0.324 e. The molecule has 1 aliphatic heterocycles. The molecular formula is C10H12N2OS. The molecule has 0 aromatic carbocycles. The summed E-state index contributed by atoms with van der Waals surface area (Å²) < 4.78 is 0. The van der Waals surface area contributed by atoms with E-state index >= 15 is 0 Å². The summed E-state index contributed by atoms with van der Waals surface area (Å²) in [5, 5.41) is 2.90. The Morgan fingerprint density at radius 2 is 2.36 bits per heavy atom. The molecule has 4 heteroatoms. The van der Waals surface area contributed by atoms with Gasteiger partial charge in [-0.2, -0.15) is 0 Å². The van der Waals surface area contributed by atoms with Gasteiger partial charge in [0, 0.05) is 17.3 Å². The molecule has 2 heterocycles. The van der Waals surface area contributed by atoms with E-state index < -0.39 is 0 Å². The van der Waals surface area contributed by atoms with Gasteiger partial charge in [-0.15, -0.1) is 11.8 Å². The molecule has 1 aliphatic rings. The maximum Gasteiger partial charge on any atom is 0.238 e. The summed E-state index contributed by atoms with van der Waals surface area (Å²) in [4.78, 5) is 16.8. The highest BCUT2D eigenvalue weighted by Gasteiger charge is 2.29. The molecule has 0 saturated carbocycles. The van der Waals surface area contributed by atoms with E-state index in [1.807, 2.05) is 6.07 Å². The van der Waals surface area contributed by atoms with E-state index in [9.17, 15) is 4.79 Å². The van der Waals surface area contributed by atoms with Crippen LogP contribution in [0.1, 0.15) is 13.8 Å². The number of carbonyl (C=O) groups excluding carboxylic acids is 1. The minimum absolute atomic E-state index is 0.00620. The van der Waals surface area contributed by atoms with E-state index in [1.165, 1.54) is 0 Å². The number of carbonyl (C=O) groups is 1. The zero-order chi connectivity index (χ0) is 10.1. The monoisotopic (exact) mass is 208 g/mol. The number of rotatable bonds is 1. The lowest BCUT2D eigenvalue weighted by Gasteiger charge is -2.25. The van der Waals surface area contributed by atoms with Gasteiger partial charge >= 0.3 is 0 Å². The fourth-order valence-corrected chi connectivity index (χ4v) is 2.49. The second-order valence-corrected chi connectivity index (χ2v) is 4.83. The first-order chi connectivity index (χ1) is 6.68. The van der Waals surface area contributed by atoms with Crippen molar-refractivity contribution in [3.05, 3.63) is 18.5 Å². The third kappa shape index (κ3) is 1.62. The van der Waals surface area contributed by atoms with Crippen LogP contribution in [-0.4, -0.2) is 16.1 Å². The number of aromatic nitrogens is 1. The van der Waals surface area contributed by atoms with Crippen molar-refractivity contribution in [3.63, 3.8) is 0 Å². The summed E-state index contributed by atoms with van der Waals surface area (Å²) in [7, 11) is 0. The molecule has 0 spiro atoms. The van der Waals surface area contributed by atoms with Crippen LogP contribution in [0.3, 0.4) is 0 Å². The summed E-state index contributed by atoms with van der Waals surface area (Å²) in [5.74, 6) is 0.442. The van der Waals surface area contributed by atoms with E-state index in [-0.39, 0.29) is 11.2 Å². The lowest BCUT2D eigenvalue weighted by atomic mass is 10.1. The van der Waals surface area contributed by atoms with Gasteiger partial charge in [-0.1, -0.05) is 13.8 Å². The molecule has 1 amide bonds. The van der Waals surface area contributed by atoms with Crippen molar-refractivity contribution in [1.82, 2.24) is 4.98 Å². The van der Waals surface area contributed by atoms with Crippen molar-refractivity contribution in [2.24, 2.45) is 5.92 Å². The quantitative estimate of drug-likeness (QED) is 0.769. The Balaban J connectivity index is 2.31. The molecule has 0 fully saturated rings. The van der Waals surface area contributed by atoms with E-state index in [0.717, 1.165) is 10.6 Å². The average molecular weight is 208 g/mol. The highest BCUT2D eigenvalue weighted by molar-refractivity contribution is 8.01. The minimum atomic E-state index is 0.00620. The molecule has 1 N–H and O–H groups in total. The number of hydrogen-bond donors (Lipinski definition) is 1. The smallest absolute Gasteiger partial charge is 0.238 e. The highest BCUT2D eigenvalue weighted by atomic mass is 32.2. The highest BCUT2D eigenvalue weighted by Crippen LogP contribution is 2.37. The first-order valence-corrected chi connectivity index (χ1v) is 5.48. The van der Waals surface area contributed by atoms with Gasteiger partial charge in [-0.05, 0) is 12.0 Å². The van der Waals surface area contributed by atoms with Crippen LogP contribution in [0.5, 0.6) is 0 Å².